The molecule has 86 valence electrons. The van der Waals surface area contributed by atoms with Crippen molar-refractivity contribution in [2.45, 2.75) is 39.2 Å². The van der Waals surface area contributed by atoms with Crippen molar-refractivity contribution in [3.63, 3.8) is 0 Å². The van der Waals surface area contributed by atoms with Crippen molar-refractivity contribution in [1.29, 1.82) is 0 Å². The minimum Gasteiger partial charge on any atom is -0.382 e. The highest BCUT2D eigenvalue weighted by atomic mass is 16.5. The molecule has 0 saturated carbocycles. The van der Waals surface area contributed by atoms with Gasteiger partial charge in [-0.2, -0.15) is 5.10 Å². The van der Waals surface area contributed by atoms with E-state index in [4.69, 9.17) is 10.5 Å². The highest BCUT2D eigenvalue weighted by Crippen LogP contribution is 1.98. The van der Waals surface area contributed by atoms with Crippen LogP contribution in [0.2, 0.25) is 0 Å². The van der Waals surface area contributed by atoms with Gasteiger partial charge in [-0.15, -0.1) is 0 Å². The lowest BCUT2D eigenvalue weighted by Gasteiger charge is -2.03. The van der Waals surface area contributed by atoms with Gasteiger partial charge in [-0.3, -0.25) is 4.68 Å². The summed E-state index contributed by atoms with van der Waals surface area (Å²) in [7, 11) is 0. The number of hydrogen-bond donors (Lipinski definition) is 1. The molecular weight excluding hydrogens is 190 g/mol. The van der Waals surface area contributed by atoms with Gasteiger partial charge in [-0.1, -0.05) is 19.8 Å². The van der Waals surface area contributed by atoms with Crippen molar-refractivity contribution in [3.05, 3.63) is 12.3 Å². The van der Waals surface area contributed by atoms with Gasteiger partial charge in [0.2, 0.25) is 0 Å². The fraction of sp³-hybridized carbons (Fsp3) is 0.727. The molecule has 15 heavy (non-hydrogen) atoms. The van der Waals surface area contributed by atoms with E-state index in [1.165, 1.54) is 19.3 Å². The first-order valence-corrected chi connectivity index (χ1v) is 5.69. The lowest BCUT2D eigenvalue weighted by Crippen LogP contribution is -2.04. The van der Waals surface area contributed by atoms with Crippen LogP contribution in [0, 0.1) is 0 Å². The van der Waals surface area contributed by atoms with Gasteiger partial charge < -0.3 is 10.5 Å². The molecule has 0 atom stereocenters. The van der Waals surface area contributed by atoms with E-state index in [0.717, 1.165) is 26.2 Å². The van der Waals surface area contributed by atoms with Gasteiger partial charge in [0.25, 0.3) is 0 Å². The molecule has 0 spiro atoms. The van der Waals surface area contributed by atoms with Gasteiger partial charge >= 0.3 is 0 Å². The van der Waals surface area contributed by atoms with Crippen molar-refractivity contribution >= 4 is 5.82 Å². The van der Waals surface area contributed by atoms with Gasteiger partial charge in [0.15, 0.2) is 0 Å². The molecule has 0 unspecified atom stereocenters. The van der Waals surface area contributed by atoms with Crippen LogP contribution in [-0.2, 0) is 11.3 Å². The molecule has 0 aliphatic rings. The van der Waals surface area contributed by atoms with Crippen LogP contribution >= 0.6 is 0 Å². The van der Waals surface area contributed by atoms with Crippen LogP contribution in [0.3, 0.4) is 0 Å². The predicted molar refractivity (Wildman–Crippen MR) is 61.6 cm³/mol. The zero-order valence-electron chi connectivity index (χ0n) is 9.48. The minimum absolute atomic E-state index is 0.582. The molecule has 0 aliphatic carbocycles. The van der Waals surface area contributed by atoms with E-state index in [1.807, 2.05) is 16.9 Å². The maximum Gasteiger partial charge on any atom is 0.145 e. The SMILES string of the molecule is CCCCCOCCCn1ccc(N)n1. The highest BCUT2D eigenvalue weighted by molar-refractivity contribution is 5.23. The van der Waals surface area contributed by atoms with Crippen molar-refractivity contribution in [1.82, 2.24) is 9.78 Å². The van der Waals surface area contributed by atoms with Crippen LogP contribution < -0.4 is 5.73 Å². The first-order chi connectivity index (χ1) is 7.33. The Labute approximate surface area is 91.4 Å². The van der Waals surface area contributed by atoms with Gasteiger partial charge in [0.05, 0.1) is 0 Å². The van der Waals surface area contributed by atoms with Gasteiger partial charge in [0, 0.05) is 26.0 Å². The lowest BCUT2D eigenvalue weighted by molar-refractivity contribution is 0.124. The van der Waals surface area contributed by atoms with Crippen molar-refractivity contribution < 1.29 is 4.74 Å². The molecule has 1 heterocycles. The summed E-state index contributed by atoms with van der Waals surface area (Å²) in [6.45, 7) is 4.77. The summed E-state index contributed by atoms with van der Waals surface area (Å²) in [4.78, 5) is 0. The molecule has 1 aromatic heterocycles. The van der Waals surface area contributed by atoms with Crippen LogP contribution in [0.4, 0.5) is 5.82 Å². The van der Waals surface area contributed by atoms with E-state index < -0.39 is 0 Å². The predicted octanol–water partition coefficient (Wildman–Crippen LogP) is 2.06. The van der Waals surface area contributed by atoms with Crippen molar-refractivity contribution in [2.24, 2.45) is 0 Å². The van der Waals surface area contributed by atoms with Crippen LogP contribution in [0.15, 0.2) is 12.3 Å². The Morgan fingerprint density at radius 2 is 2.13 bits per heavy atom. The number of rotatable bonds is 8. The molecule has 4 heteroatoms. The van der Waals surface area contributed by atoms with Gasteiger partial charge in [0.1, 0.15) is 5.82 Å². The second-order valence-corrected chi connectivity index (χ2v) is 3.68. The normalized spacial score (nSPS) is 10.7. The molecule has 2 N–H and O–H groups in total. The first-order valence-electron chi connectivity index (χ1n) is 5.69. The molecule has 0 fully saturated rings. The summed E-state index contributed by atoms with van der Waals surface area (Å²) in [5, 5.41) is 4.10. The molecule has 1 aromatic rings. The largest absolute Gasteiger partial charge is 0.382 e. The van der Waals surface area contributed by atoms with E-state index >= 15 is 0 Å². The summed E-state index contributed by atoms with van der Waals surface area (Å²) < 4.78 is 7.34. The van der Waals surface area contributed by atoms with E-state index in [9.17, 15) is 0 Å². The highest BCUT2D eigenvalue weighted by Gasteiger charge is 1.94. The number of aryl methyl sites for hydroxylation is 1. The lowest BCUT2D eigenvalue weighted by atomic mass is 10.3. The van der Waals surface area contributed by atoms with Gasteiger partial charge in [-0.25, -0.2) is 0 Å². The molecule has 1 rings (SSSR count). The fourth-order valence-corrected chi connectivity index (χ4v) is 1.39. The number of unbranched alkanes of at least 4 members (excludes halogenated alkanes) is 2. The topological polar surface area (TPSA) is 53.1 Å². The summed E-state index contributed by atoms with van der Waals surface area (Å²) in [6.07, 6.45) is 6.57. The molecule has 0 bridgehead atoms. The number of nitrogens with zero attached hydrogens (tertiary/aromatic N) is 2. The summed E-state index contributed by atoms with van der Waals surface area (Å²) in [5.41, 5.74) is 5.50. The van der Waals surface area contributed by atoms with E-state index in [0.29, 0.717) is 5.82 Å². The Kier molecular flexibility index (Phi) is 5.85. The van der Waals surface area contributed by atoms with Crippen molar-refractivity contribution in [3.8, 4) is 0 Å². The number of hydrogen-bond acceptors (Lipinski definition) is 3. The van der Waals surface area contributed by atoms with Crippen LogP contribution in [0.5, 0.6) is 0 Å². The van der Waals surface area contributed by atoms with Crippen LogP contribution in [0.25, 0.3) is 0 Å². The van der Waals surface area contributed by atoms with E-state index in [-0.39, 0.29) is 0 Å². The average Bonchev–Trinajstić information content (AvgIpc) is 2.63. The molecule has 0 radical (unpaired) electrons. The zero-order chi connectivity index (χ0) is 10.9. The standard InChI is InChI=1S/C11H21N3O/c1-2-3-4-9-15-10-5-7-14-8-6-11(12)13-14/h6,8H,2-5,7,9-10H2,1H3,(H2,12,13). The van der Waals surface area contributed by atoms with E-state index in [2.05, 4.69) is 12.0 Å². The minimum atomic E-state index is 0.582. The fourth-order valence-electron chi connectivity index (χ4n) is 1.39. The summed E-state index contributed by atoms with van der Waals surface area (Å²) in [5.74, 6) is 0.582. The zero-order valence-corrected chi connectivity index (χ0v) is 9.48. The number of nitrogen functional groups attached to an aromatic ring is 1. The quantitative estimate of drug-likeness (QED) is 0.670. The Bertz CT molecular complexity index is 260. The Morgan fingerprint density at radius 1 is 1.33 bits per heavy atom. The monoisotopic (exact) mass is 211 g/mol. The second-order valence-electron chi connectivity index (χ2n) is 3.68. The Morgan fingerprint density at radius 3 is 2.80 bits per heavy atom. The van der Waals surface area contributed by atoms with E-state index in [1.54, 1.807) is 0 Å². The molecular formula is C11H21N3O. The first kappa shape index (κ1) is 12.0. The third-order valence-electron chi connectivity index (χ3n) is 2.23. The third kappa shape index (κ3) is 5.42. The Hall–Kier alpha value is -1.03. The number of ether oxygens (including phenoxy) is 1. The van der Waals surface area contributed by atoms with Crippen molar-refractivity contribution in [2.75, 3.05) is 18.9 Å². The smallest absolute Gasteiger partial charge is 0.145 e. The number of nitrogens with two attached hydrogens (primary N) is 1. The summed E-state index contributed by atoms with van der Waals surface area (Å²) in [6, 6.07) is 1.81. The third-order valence-corrected chi connectivity index (χ3v) is 2.23. The maximum absolute atomic E-state index is 5.50. The number of anilines is 1. The van der Waals surface area contributed by atoms with Gasteiger partial charge in [-0.05, 0) is 18.9 Å². The maximum atomic E-state index is 5.50. The molecule has 0 aromatic carbocycles. The molecule has 4 nitrogen and oxygen atoms in total. The number of aromatic nitrogens is 2. The Balaban J connectivity index is 1.93. The average molecular weight is 211 g/mol. The van der Waals surface area contributed by atoms with Crippen LogP contribution in [-0.4, -0.2) is 23.0 Å². The summed E-state index contributed by atoms with van der Waals surface area (Å²) >= 11 is 0. The molecule has 0 amide bonds. The molecule has 0 saturated heterocycles. The second kappa shape index (κ2) is 7.29. The molecule has 0 aliphatic heterocycles. The van der Waals surface area contributed by atoms with Crippen LogP contribution in [0.1, 0.15) is 32.6 Å².